The van der Waals surface area contributed by atoms with Crippen LogP contribution in [0, 0.1) is 0 Å². The second kappa shape index (κ2) is 4.81. The van der Waals surface area contributed by atoms with E-state index in [0.717, 1.165) is 18.5 Å². The molecule has 1 aliphatic carbocycles. The quantitative estimate of drug-likeness (QED) is 0.644. The Hall–Kier alpha value is -1.62. The largest absolute Gasteiger partial charge is 0.339 e. The van der Waals surface area contributed by atoms with Crippen LogP contribution in [-0.2, 0) is 5.41 Å². The highest BCUT2D eigenvalue weighted by molar-refractivity contribution is 5.95. The van der Waals surface area contributed by atoms with Crippen LogP contribution in [-0.4, -0.2) is 28.9 Å². The monoisotopic (exact) mass is 262 g/mol. The van der Waals surface area contributed by atoms with E-state index in [9.17, 15) is 4.79 Å². The van der Waals surface area contributed by atoms with Gasteiger partial charge in [-0.1, -0.05) is 20.8 Å². The fourth-order valence-electron chi connectivity index (χ4n) is 1.94. The van der Waals surface area contributed by atoms with E-state index < -0.39 is 0 Å². The Bertz CT molecular complexity index is 489. The summed E-state index contributed by atoms with van der Waals surface area (Å²) in [5.41, 5.74) is 3.91. The van der Waals surface area contributed by atoms with Gasteiger partial charge in [-0.2, -0.15) is 0 Å². The lowest BCUT2D eigenvalue weighted by Crippen LogP contribution is -2.29. The summed E-state index contributed by atoms with van der Waals surface area (Å²) in [5, 5.41) is 0. The van der Waals surface area contributed by atoms with Gasteiger partial charge in [0, 0.05) is 29.8 Å². The Morgan fingerprint density at radius 1 is 1.42 bits per heavy atom. The predicted octanol–water partition coefficient (Wildman–Crippen LogP) is 1.90. The van der Waals surface area contributed by atoms with Crippen molar-refractivity contribution >= 4 is 11.7 Å². The van der Waals surface area contributed by atoms with Crippen LogP contribution in [0.15, 0.2) is 12.1 Å². The number of hydrogen-bond acceptors (Lipinski definition) is 4. The molecule has 1 aromatic heterocycles. The van der Waals surface area contributed by atoms with E-state index in [1.165, 1.54) is 0 Å². The van der Waals surface area contributed by atoms with Crippen molar-refractivity contribution in [2.45, 2.75) is 45.1 Å². The number of hydrazine groups is 1. The number of nitrogens with one attached hydrogen (secondary N) is 1. The van der Waals surface area contributed by atoms with Crippen molar-refractivity contribution in [3.05, 3.63) is 23.4 Å². The normalized spacial score (nSPS) is 15.2. The Morgan fingerprint density at radius 2 is 2.05 bits per heavy atom. The molecule has 1 heterocycles. The average Bonchev–Trinajstić information content (AvgIpc) is 3.19. The summed E-state index contributed by atoms with van der Waals surface area (Å²) in [6.07, 6.45) is 2.20. The number of nitrogen functional groups attached to an aromatic ring is 1. The topological polar surface area (TPSA) is 71.2 Å². The third-order valence-corrected chi connectivity index (χ3v) is 3.40. The van der Waals surface area contributed by atoms with Crippen LogP contribution in [0.1, 0.15) is 49.7 Å². The van der Waals surface area contributed by atoms with Gasteiger partial charge in [0.25, 0.3) is 5.91 Å². The van der Waals surface area contributed by atoms with Crippen LogP contribution < -0.4 is 11.3 Å². The summed E-state index contributed by atoms with van der Waals surface area (Å²) in [5.74, 6) is 6.00. The molecule has 104 valence electrons. The molecule has 0 bridgehead atoms. The molecule has 0 unspecified atom stereocenters. The minimum Gasteiger partial charge on any atom is -0.339 e. The molecule has 1 saturated carbocycles. The Kier molecular flexibility index (Phi) is 3.49. The number of nitrogens with two attached hydrogens (primary N) is 1. The van der Waals surface area contributed by atoms with E-state index >= 15 is 0 Å². The lowest BCUT2D eigenvalue weighted by Gasteiger charge is -2.21. The average molecular weight is 262 g/mol. The first-order chi connectivity index (χ1) is 8.82. The predicted molar refractivity (Wildman–Crippen MR) is 75.9 cm³/mol. The molecular formula is C14H22N4O. The van der Waals surface area contributed by atoms with Crippen molar-refractivity contribution in [2.24, 2.45) is 5.84 Å². The molecule has 1 amide bonds. The Labute approximate surface area is 114 Å². The zero-order chi connectivity index (χ0) is 14.2. The number of rotatable bonds is 3. The third-order valence-electron chi connectivity index (χ3n) is 3.40. The molecule has 1 aromatic rings. The standard InChI is InChI=1S/C14H22N4O/c1-14(2,3)11-7-9(8-12(16-11)17-15)13(19)18(4)10-5-6-10/h7-8,10H,5-6,15H2,1-4H3,(H,16,17). The number of nitrogens with zero attached hydrogens (tertiary/aromatic N) is 2. The van der Waals surface area contributed by atoms with Crippen molar-refractivity contribution in [2.75, 3.05) is 12.5 Å². The van der Waals surface area contributed by atoms with E-state index in [1.54, 1.807) is 6.07 Å². The first-order valence-electron chi connectivity index (χ1n) is 6.59. The minimum atomic E-state index is -0.125. The van der Waals surface area contributed by atoms with E-state index in [-0.39, 0.29) is 11.3 Å². The maximum atomic E-state index is 12.4. The molecule has 0 atom stereocenters. The van der Waals surface area contributed by atoms with Crippen LogP contribution in [0.5, 0.6) is 0 Å². The maximum absolute atomic E-state index is 12.4. The highest BCUT2D eigenvalue weighted by Gasteiger charge is 2.30. The molecule has 0 aromatic carbocycles. The van der Waals surface area contributed by atoms with Crippen LogP contribution >= 0.6 is 0 Å². The Morgan fingerprint density at radius 3 is 2.53 bits per heavy atom. The van der Waals surface area contributed by atoms with Gasteiger partial charge in [-0.25, -0.2) is 10.8 Å². The molecule has 2 rings (SSSR count). The van der Waals surface area contributed by atoms with Gasteiger partial charge in [0.2, 0.25) is 0 Å². The highest BCUT2D eigenvalue weighted by atomic mass is 16.2. The van der Waals surface area contributed by atoms with Gasteiger partial charge >= 0.3 is 0 Å². The number of amides is 1. The van der Waals surface area contributed by atoms with Crippen molar-refractivity contribution in [3.8, 4) is 0 Å². The fourth-order valence-corrected chi connectivity index (χ4v) is 1.94. The van der Waals surface area contributed by atoms with E-state index in [1.807, 2.05) is 18.0 Å². The van der Waals surface area contributed by atoms with Crippen molar-refractivity contribution in [1.82, 2.24) is 9.88 Å². The highest BCUT2D eigenvalue weighted by Crippen LogP contribution is 2.28. The SMILES string of the molecule is CN(C(=O)c1cc(NN)nc(C(C)(C)C)c1)C1CC1. The summed E-state index contributed by atoms with van der Waals surface area (Å²) in [6, 6.07) is 3.96. The van der Waals surface area contributed by atoms with E-state index in [4.69, 9.17) is 5.84 Å². The second-order valence-electron chi connectivity index (χ2n) is 6.17. The van der Waals surface area contributed by atoms with Crippen molar-refractivity contribution in [1.29, 1.82) is 0 Å². The van der Waals surface area contributed by atoms with Crippen molar-refractivity contribution < 1.29 is 4.79 Å². The molecule has 1 aliphatic rings. The van der Waals surface area contributed by atoms with Crippen LogP contribution in [0.3, 0.4) is 0 Å². The molecule has 3 N–H and O–H groups in total. The maximum Gasteiger partial charge on any atom is 0.254 e. The molecule has 0 radical (unpaired) electrons. The minimum absolute atomic E-state index is 0.0342. The molecule has 5 nitrogen and oxygen atoms in total. The summed E-state index contributed by atoms with van der Waals surface area (Å²) in [7, 11) is 1.85. The van der Waals surface area contributed by atoms with Crippen LogP contribution in [0.4, 0.5) is 5.82 Å². The number of hydrogen-bond donors (Lipinski definition) is 2. The van der Waals surface area contributed by atoms with Gasteiger partial charge in [0.05, 0.1) is 0 Å². The summed E-state index contributed by atoms with van der Waals surface area (Å²) >= 11 is 0. The van der Waals surface area contributed by atoms with Gasteiger partial charge < -0.3 is 10.3 Å². The van der Waals surface area contributed by atoms with Crippen molar-refractivity contribution in [3.63, 3.8) is 0 Å². The van der Waals surface area contributed by atoms with Gasteiger partial charge in [-0.15, -0.1) is 0 Å². The number of carbonyl (C=O) groups is 1. The van der Waals surface area contributed by atoms with Crippen LogP contribution in [0.25, 0.3) is 0 Å². The summed E-state index contributed by atoms with van der Waals surface area (Å²) in [4.78, 5) is 18.6. The molecule has 0 saturated heterocycles. The lowest BCUT2D eigenvalue weighted by atomic mass is 9.90. The number of carbonyl (C=O) groups excluding carboxylic acids is 1. The van der Waals surface area contributed by atoms with Gasteiger partial charge in [-0.05, 0) is 25.0 Å². The first-order valence-corrected chi connectivity index (χ1v) is 6.59. The van der Waals surface area contributed by atoms with Gasteiger partial charge in [0.15, 0.2) is 0 Å². The van der Waals surface area contributed by atoms with Gasteiger partial charge in [-0.3, -0.25) is 4.79 Å². The molecule has 0 aliphatic heterocycles. The first kappa shape index (κ1) is 13.8. The summed E-state index contributed by atoms with van der Waals surface area (Å²) in [6.45, 7) is 6.19. The zero-order valence-corrected chi connectivity index (χ0v) is 12.0. The smallest absolute Gasteiger partial charge is 0.254 e. The number of pyridine rings is 1. The third kappa shape index (κ3) is 3.04. The van der Waals surface area contributed by atoms with Crippen LogP contribution in [0.2, 0.25) is 0 Å². The summed E-state index contributed by atoms with van der Waals surface area (Å²) < 4.78 is 0. The molecule has 0 spiro atoms. The zero-order valence-electron chi connectivity index (χ0n) is 12.0. The number of anilines is 1. The van der Waals surface area contributed by atoms with Gasteiger partial charge in [0.1, 0.15) is 5.82 Å². The van der Waals surface area contributed by atoms with E-state index in [2.05, 4.69) is 31.2 Å². The molecule has 5 heteroatoms. The molecule has 1 fully saturated rings. The lowest BCUT2D eigenvalue weighted by molar-refractivity contribution is 0.0785. The Balaban J connectivity index is 2.36. The van der Waals surface area contributed by atoms with E-state index in [0.29, 0.717) is 17.4 Å². The molecule has 19 heavy (non-hydrogen) atoms. The number of aromatic nitrogens is 1. The fraction of sp³-hybridized carbons (Fsp3) is 0.571. The second-order valence-corrected chi connectivity index (χ2v) is 6.17. The molecular weight excluding hydrogens is 240 g/mol.